The summed E-state index contributed by atoms with van der Waals surface area (Å²) in [5.74, 6) is -0.271. The maximum atomic E-state index is 12.1. The summed E-state index contributed by atoms with van der Waals surface area (Å²) in [4.78, 5) is 25.6. The largest absolute Gasteiger partial charge is 0.336 e. The molecule has 2 rings (SSSR count). The molecule has 0 spiro atoms. The van der Waals surface area contributed by atoms with Gasteiger partial charge in [-0.2, -0.15) is 11.3 Å². The van der Waals surface area contributed by atoms with Crippen LogP contribution >= 0.6 is 27.3 Å². The molecular formula is C16H17BrN2O2S. The average molecular weight is 381 g/mol. The zero-order chi connectivity index (χ0) is 16.1. The number of nitrogens with zero attached hydrogens (tertiary/aromatic N) is 1. The molecule has 0 radical (unpaired) electrons. The van der Waals surface area contributed by atoms with Gasteiger partial charge in [-0.25, -0.2) is 0 Å². The lowest BCUT2D eigenvalue weighted by Crippen LogP contribution is -2.35. The van der Waals surface area contributed by atoms with E-state index in [0.29, 0.717) is 6.42 Å². The first-order valence-electron chi connectivity index (χ1n) is 6.77. The lowest BCUT2D eigenvalue weighted by molar-refractivity contribution is -0.132. The number of anilines is 1. The minimum Gasteiger partial charge on any atom is -0.336 e. The van der Waals surface area contributed by atoms with Crippen LogP contribution in [-0.2, 0) is 16.0 Å². The van der Waals surface area contributed by atoms with Crippen molar-refractivity contribution in [2.45, 2.75) is 13.3 Å². The van der Waals surface area contributed by atoms with E-state index < -0.39 is 0 Å². The minimum absolute atomic E-state index is 0.0402. The second-order valence-electron chi connectivity index (χ2n) is 5.07. The van der Waals surface area contributed by atoms with E-state index in [9.17, 15) is 9.59 Å². The summed E-state index contributed by atoms with van der Waals surface area (Å²) in [6.45, 7) is 1.96. The number of hydrogen-bond donors (Lipinski definition) is 1. The number of halogens is 1. The molecule has 4 nitrogen and oxygen atoms in total. The van der Waals surface area contributed by atoms with Crippen molar-refractivity contribution in [1.82, 2.24) is 4.90 Å². The number of nitrogens with one attached hydrogen (secondary N) is 1. The molecule has 0 aliphatic rings. The number of likely N-dealkylation sites (N-methyl/N-ethyl adjacent to an activating group) is 1. The van der Waals surface area contributed by atoms with Crippen molar-refractivity contribution in [2.75, 3.05) is 18.9 Å². The SMILES string of the molecule is Cc1cc(Br)ccc1NC(=O)CN(C)C(=O)Cc1ccsc1. The van der Waals surface area contributed by atoms with Gasteiger partial charge in [-0.05, 0) is 53.1 Å². The van der Waals surface area contributed by atoms with Crippen LogP contribution in [0.4, 0.5) is 5.69 Å². The van der Waals surface area contributed by atoms with Crippen molar-refractivity contribution in [2.24, 2.45) is 0 Å². The van der Waals surface area contributed by atoms with Gasteiger partial charge in [0.2, 0.25) is 11.8 Å². The smallest absolute Gasteiger partial charge is 0.243 e. The number of thiophene rings is 1. The summed E-state index contributed by atoms with van der Waals surface area (Å²) in [5.41, 5.74) is 2.70. The molecular weight excluding hydrogens is 364 g/mol. The molecule has 0 aliphatic carbocycles. The van der Waals surface area contributed by atoms with Crippen molar-refractivity contribution in [3.05, 3.63) is 50.6 Å². The number of carbonyl (C=O) groups excluding carboxylic acids is 2. The number of rotatable bonds is 5. The number of benzene rings is 1. The Kier molecular flexibility index (Phi) is 5.74. The van der Waals surface area contributed by atoms with Crippen molar-refractivity contribution in [3.63, 3.8) is 0 Å². The van der Waals surface area contributed by atoms with E-state index in [0.717, 1.165) is 21.3 Å². The average Bonchev–Trinajstić information content (AvgIpc) is 2.94. The van der Waals surface area contributed by atoms with Crippen molar-refractivity contribution in [3.8, 4) is 0 Å². The van der Waals surface area contributed by atoms with Gasteiger partial charge < -0.3 is 10.2 Å². The second kappa shape index (κ2) is 7.56. The molecule has 2 amide bonds. The van der Waals surface area contributed by atoms with Gasteiger partial charge in [0, 0.05) is 17.2 Å². The molecule has 6 heteroatoms. The summed E-state index contributed by atoms with van der Waals surface area (Å²) in [6.07, 6.45) is 0.324. The highest BCUT2D eigenvalue weighted by Gasteiger charge is 2.14. The quantitative estimate of drug-likeness (QED) is 0.863. The number of hydrogen-bond acceptors (Lipinski definition) is 3. The Balaban J connectivity index is 1.89. The van der Waals surface area contributed by atoms with E-state index >= 15 is 0 Å². The monoisotopic (exact) mass is 380 g/mol. The van der Waals surface area contributed by atoms with E-state index in [2.05, 4.69) is 21.2 Å². The Morgan fingerprint density at radius 3 is 2.73 bits per heavy atom. The van der Waals surface area contributed by atoms with E-state index in [1.807, 2.05) is 41.9 Å². The molecule has 0 unspecified atom stereocenters. The summed E-state index contributed by atoms with van der Waals surface area (Å²) in [6, 6.07) is 7.56. The molecule has 0 fully saturated rings. The topological polar surface area (TPSA) is 49.4 Å². The zero-order valence-corrected chi connectivity index (χ0v) is 14.8. The van der Waals surface area contributed by atoms with Crippen LogP contribution in [0.1, 0.15) is 11.1 Å². The van der Waals surface area contributed by atoms with E-state index in [1.165, 1.54) is 4.90 Å². The van der Waals surface area contributed by atoms with Crippen molar-refractivity contribution < 1.29 is 9.59 Å². The van der Waals surface area contributed by atoms with Crippen LogP contribution in [0, 0.1) is 6.92 Å². The van der Waals surface area contributed by atoms with Gasteiger partial charge in [0.1, 0.15) is 0 Å². The summed E-state index contributed by atoms with van der Waals surface area (Å²) in [7, 11) is 1.64. The van der Waals surface area contributed by atoms with Gasteiger partial charge in [-0.1, -0.05) is 15.9 Å². The normalized spacial score (nSPS) is 10.3. The van der Waals surface area contributed by atoms with Gasteiger partial charge in [0.15, 0.2) is 0 Å². The zero-order valence-electron chi connectivity index (χ0n) is 12.4. The van der Waals surface area contributed by atoms with Gasteiger partial charge in [0.25, 0.3) is 0 Å². The van der Waals surface area contributed by atoms with Gasteiger partial charge in [-0.15, -0.1) is 0 Å². The number of carbonyl (C=O) groups is 2. The van der Waals surface area contributed by atoms with Crippen LogP contribution in [0.2, 0.25) is 0 Å². The molecule has 0 atom stereocenters. The molecule has 0 saturated carbocycles. The van der Waals surface area contributed by atoms with Gasteiger partial charge >= 0.3 is 0 Å². The number of amides is 2. The first-order chi connectivity index (χ1) is 10.5. The summed E-state index contributed by atoms with van der Waals surface area (Å²) >= 11 is 4.94. The van der Waals surface area contributed by atoms with E-state index in [1.54, 1.807) is 18.4 Å². The third kappa shape index (κ3) is 4.68. The van der Waals surface area contributed by atoms with Crippen LogP contribution in [-0.4, -0.2) is 30.3 Å². The molecule has 1 N–H and O–H groups in total. The fourth-order valence-electron chi connectivity index (χ4n) is 1.96. The predicted octanol–water partition coefficient (Wildman–Crippen LogP) is 3.46. The minimum atomic E-state index is -0.202. The molecule has 1 aromatic heterocycles. The number of aryl methyl sites for hydroxylation is 1. The van der Waals surface area contributed by atoms with Gasteiger partial charge in [0.05, 0.1) is 13.0 Å². The molecule has 0 bridgehead atoms. The van der Waals surface area contributed by atoms with E-state index in [4.69, 9.17) is 0 Å². The fraction of sp³-hybridized carbons (Fsp3) is 0.250. The second-order valence-corrected chi connectivity index (χ2v) is 6.76. The molecule has 116 valence electrons. The third-order valence-electron chi connectivity index (χ3n) is 3.20. The highest BCUT2D eigenvalue weighted by Crippen LogP contribution is 2.19. The Hall–Kier alpha value is -1.66. The molecule has 22 heavy (non-hydrogen) atoms. The predicted molar refractivity (Wildman–Crippen MR) is 93.2 cm³/mol. The van der Waals surface area contributed by atoms with Crippen molar-refractivity contribution in [1.29, 1.82) is 0 Å². The highest BCUT2D eigenvalue weighted by molar-refractivity contribution is 9.10. The highest BCUT2D eigenvalue weighted by atomic mass is 79.9. The lowest BCUT2D eigenvalue weighted by Gasteiger charge is -2.17. The Labute approximate surface area is 142 Å². The van der Waals surface area contributed by atoms with Crippen molar-refractivity contribution >= 4 is 44.8 Å². The third-order valence-corrected chi connectivity index (χ3v) is 4.43. The van der Waals surface area contributed by atoms with Crippen LogP contribution in [0.3, 0.4) is 0 Å². The summed E-state index contributed by atoms with van der Waals surface area (Å²) < 4.78 is 0.964. The maximum absolute atomic E-state index is 12.1. The van der Waals surface area contributed by atoms with Crippen LogP contribution in [0.15, 0.2) is 39.5 Å². The van der Waals surface area contributed by atoms with E-state index in [-0.39, 0.29) is 18.4 Å². The first kappa shape index (κ1) is 16.7. The fourth-order valence-corrected chi connectivity index (χ4v) is 3.11. The van der Waals surface area contributed by atoms with Gasteiger partial charge in [-0.3, -0.25) is 9.59 Å². The Morgan fingerprint density at radius 2 is 2.09 bits per heavy atom. The summed E-state index contributed by atoms with van der Waals surface area (Å²) in [5, 5.41) is 6.71. The molecule has 0 saturated heterocycles. The van der Waals surface area contributed by atoms with Crippen LogP contribution < -0.4 is 5.32 Å². The Morgan fingerprint density at radius 1 is 1.32 bits per heavy atom. The Bertz CT molecular complexity index is 671. The van der Waals surface area contributed by atoms with Crippen LogP contribution in [0.5, 0.6) is 0 Å². The first-order valence-corrected chi connectivity index (χ1v) is 8.50. The molecule has 0 aliphatic heterocycles. The molecule has 1 aromatic carbocycles. The standard InChI is InChI=1S/C16H17BrN2O2S/c1-11-7-13(17)3-4-14(11)18-15(20)9-19(2)16(21)8-12-5-6-22-10-12/h3-7,10H,8-9H2,1-2H3,(H,18,20). The molecule has 2 aromatic rings. The lowest BCUT2D eigenvalue weighted by atomic mass is 10.2. The van der Waals surface area contributed by atoms with Crippen LogP contribution in [0.25, 0.3) is 0 Å². The molecule has 1 heterocycles. The maximum Gasteiger partial charge on any atom is 0.243 e.